The lowest BCUT2D eigenvalue weighted by atomic mass is 9.90. The Morgan fingerprint density at radius 3 is 2.93 bits per heavy atom. The van der Waals surface area contributed by atoms with Crippen LogP contribution in [0.5, 0.6) is 0 Å². The molecule has 8 heteroatoms. The second kappa shape index (κ2) is 10.1. The van der Waals surface area contributed by atoms with Crippen molar-refractivity contribution < 1.29 is 9.90 Å². The number of para-hydroxylation sites is 2. The van der Waals surface area contributed by atoms with Gasteiger partial charge in [0.1, 0.15) is 11.9 Å². The lowest BCUT2D eigenvalue weighted by Crippen LogP contribution is -2.35. The second-order valence-corrected chi connectivity index (χ2v) is 7.71. The number of hydrogen-bond donors (Lipinski definition) is 3. The molecular formula is C22H28BrN5O2. The minimum atomic E-state index is -0.946. The van der Waals surface area contributed by atoms with Gasteiger partial charge in [-0.2, -0.15) is 0 Å². The number of carboxylic acids is 1. The average Bonchev–Trinajstić information content (AvgIpc) is 3.15. The largest absolute Gasteiger partial charge is 0.480 e. The molecular weight excluding hydrogens is 446 g/mol. The van der Waals surface area contributed by atoms with Gasteiger partial charge in [-0.1, -0.05) is 18.2 Å². The fraction of sp³-hybridized carbons (Fsp3) is 0.409. The summed E-state index contributed by atoms with van der Waals surface area (Å²) in [4.78, 5) is 26.3. The Hall–Kier alpha value is -2.29. The lowest BCUT2D eigenvalue weighted by molar-refractivity contribution is -0.138. The van der Waals surface area contributed by atoms with Crippen molar-refractivity contribution in [3.05, 3.63) is 59.7 Å². The first-order chi connectivity index (χ1) is 14.1. The third kappa shape index (κ3) is 5.06. The molecule has 4 rings (SSSR count). The van der Waals surface area contributed by atoms with Gasteiger partial charge in [-0.25, -0.2) is 4.98 Å². The van der Waals surface area contributed by atoms with E-state index in [0.717, 1.165) is 48.4 Å². The Bertz CT molecular complexity index is 959. The smallest absolute Gasteiger partial charge is 0.320 e. The summed E-state index contributed by atoms with van der Waals surface area (Å²) in [5.41, 5.74) is 10.1. The van der Waals surface area contributed by atoms with E-state index in [2.05, 4.69) is 20.9 Å². The first-order valence-electron chi connectivity index (χ1n) is 10.2. The number of imidazole rings is 1. The molecule has 7 nitrogen and oxygen atoms in total. The van der Waals surface area contributed by atoms with Crippen molar-refractivity contribution in [2.75, 3.05) is 6.54 Å². The SMILES string of the molecule is Br.N[C@@H](CCCN(Cc1nc2ccccc2[nH]1)C1CCCc2cccnc21)C(=O)O. The highest BCUT2D eigenvalue weighted by Gasteiger charge is 2.28. The molecule has 2 heterocycles. The molecule has 0 amide bonds. The highest BCUT2D eigenvalue weighted by molar-refractivity contribution is 8.93. The number of aromatic nitrogens is 3. The number of fused-ring (bicyclic) bond motifs is 2. The summed E-state index contributed by atoms with van der Waals surface area (Å²) in [5.74, 6) is -0.0321. The summed E-state index contributed by atoms with van der Waals surface area (Å²) in [7, 11) is 0. The number of halogens is 1. The van der Waals surface area contributed by atoms with Crippen molar-refractivity contribution in [3.8, 4) is 0 Å². The van der Waals surface area contributed by atoms with E-state index in [-0.39, 0.29) is 23.0 Å². The van der Waals surface area contributed by atoms with Crippen molar-refractivity contribution in [1.29, 1.82) is 0 Å². The monoisotopic (exact) mass is 473 g/mol. The van der Waals surface area contributed by atoms with Gasteiger partial charge in [0.15, 0.2) is 0 Å². The van der Waals surface area contributed by atoms with Gasteiger partial charge in [0.2, 0.25) is 0 Å². The normalized spacial score (nSPS) is 16.8. The Labute approximate surface area is 186 Å². The number of hydrogen-bond acceptors (Lipinski definition) is 5. The molecule has 2 atom stereocenters. The van der Waals surface area contributed by atoms with Crippen LogP contribution in [0.3, 0.4) is 0 Å². The topological polar surface area (TPSA) is 108 Å². The van der Waals surface area contributed by atoms with E-state index in [1.165, 1.54) is 5.56 Å². The Morgan fingerprint density at radius 2 is 2.13 bits per heavy atom. The van der Waals surface area contributed by atoms with E-state index in [0.29, 0.717) is 19.4 Å². The molecule has 2 aromatic heterocycles. The summed E-state index contributed by atoms with van der Waals surface area (Å²) in [5, 5.41) is 9.08. The number of nitrogens with two attached hydrogens (primary N) is 1. The van der Waals surface area contributed by atoms with E-state index in [1.807, 2.05) is 36.5 Å². The van der Waals surface area contributed by atoms with E-state index in [4.69, 9.17) is 15.8 Å². The molecule has 3 aromatic rings. The summed E-state index contributed by atoms with van der Waals surface area (Å²) in [6.07, 6.45) is 6.24. The lowest BCUT2D eigenvalue weighted by Gasteiger charge is -2.34. The highest BCUT2D eigenvalue weighted by Crippen LogP contribution is 2.33. The third-order valence-corrected chi connectivity index (χ3v) is 5.68. The van der Waals surface area contributed by atoms with Gasteiger partial charge in [0, 0.05) is 6.20 Å². The predicted molar refractivity (Wildman–Crippen MR) is 122 cm³/mol. The standard InChI is InChI=1S/C22H27N5O2.BrH/c23-16(22(28)29)8-5-13-27(14-20-25-17-9-1-2-10-18(17)26-20)19-11-3-6-15-7-4-12-24-21(15)19;/h1-2,4,7,9-10,12,16,19H,3,5-6,8,11,13-14,23H2,(H,25,26)(H,28,29);1H/t16-,19?;/m0./s1. The summed E-state index contributed by atoms with van der Waals surface area (Å²) >= 11 is 0. The predicted octanol–water partition coefficient (Wildman–Crippen LogP) is 3.61. The van der Waals surface area contributed by atoms with Crippen LogP contribution in [0.4, 0.5) is 0 Å². The van der Waals surface area contributed by atoms with Gasteiger partial charge >= 0.3 is 5.97 Å². The number of rotatable bonds is 8. The number of aromatic amines is 1. The molecule has 4 N–H and O–H groups in total. The molecule has 0 spiro atoms. The van der Waals surface area contributed by atoms with Gasteiger partial charge in [-0.15, -0.1) is 17.0 Å². The summed E-state index contributed by atoms with van der Waals surface area (Å²) in [6, 6.07) is 11.6. The van der Waals surface area contributed by atoms with Crippen molar-refractivity contribution in [2.24, 2.45) is 5.73 Å². The number of carbonyl (C=O) groups is 1. The van der Waals surface area contributed by atoms with E-state index in [9.17, 15) is 4.79 Å². The first-order valence-corrected chi connectivity index (χ1v) is 10.2. The maximum Gasteiger partial charge on any atom is 0.320 e. The van der Waals surface area contributed by atoms with Crippen molar-refractivity contribution in [1.82, 2.24) is 19.9 Å². The Morgan fingerprint density at radius 1 is 1.30 bits per heavy atom. The van der Waals surface area contributed by atoms with Gasteiger partial charge in [-0.05, 0) is 62.4 Å². The van der Waals surface area contributed by atoms with Crippen LogP contribution in [0.1, 0.15) is 48.8 Å². The molecule has 30 heavy (non-hydrogen) atoms. The number of nitrogens with zero attached hydrogens (tertiary/aromatic N) is 3. The zero-order valence-electron chi connectivity index (χ0n) is 16.8. The van der Waals surface area contributed by atoms with Crippen LogP contribution in [0.25, 0.3) is 11.0 Å². The van der Waals surface area contributed by atoms with Crippen LogP contribution in [0.2, 0.25) is 0 Å². The van der Waals surface area contributed by atoms with Gasteiger partial charge in [0.05, 0.1) is 29.3 Å². The number of carboxylic acid groups (broad SMARTS) is 1. The Balaban J connectivity index is 0.00000256. The molecule has 0 fully saturated rings. The van der Waals surface area contributed by atoms with Crippen molar-refractivity contribution >= 4 is 34.0 Å². The molecule has 1 aliphatic carbocycles. The summed E-state index contributed by atoms with van der Waals surface area (Å²) in [6.45, 7) is 1.41. The maximum atomic E-state index is 11.1. The number of H-pyrrole nitrogens is 1. The van der Waals surface area contributed by atoms with E-state index in [1.54, 1.807) is 0 Å². The molecule has 0 saturated heterocycles. The van der Waals surface area contributed by atoms with Crippen LogP contribution >= 0.6 is 17.0 Å². The zero-order chi connectivity index (χ0) is 20.2. The third-order valence-electron chi connectivity index (χ3n) is 5.68. The van der Waals surface area contributed by atoms with Crippen molar-refractivity contribution in [2.45, 2.75) is 50.7 Å². The van der Waals surface area contributed by atoms with Gasteiger partial charge in [0.25, 0.3) is 0 Å². The molecule has 0 saturated carbocycles. The minimum absolute atomic E-state index is 0. The van der Waals surface area contributed by atoms with E-state index < -0.39 is 12.0 Å². The number of pyridine rings is 1. The van der Waals surface area contributed by atoms with E-state index >= 15 is 0 Å². The van der Waals surface area contributed by atoms with Crippen LogP contribution in [0.15, 0.2) is 42.6 Å². The molecule has 1 unspecified atom stereocenters. The van der Waals surface area contributed by atoms with Gasteiger partial charge in [-0.3, -0.25) is 14.7 Å². The number of aryl methyl sites for hydroxylation is 1. The minimum Gasteiger partial charge on any atom is -0.480 e. The van der Waals surface area contributed by atoms with Crippen LogP contribution < -0.4 is 5.73 Å². The Kier molecular flexibility index (Phi) is 7.58. The maximum absolute atomic E-state index is 11.1. The average molecular weight is 474 g/mol. The second-order valence-electron chi connectivity index (χ2n) is 7.71. The fourth-order valence-corrected chi connectivity index (χ4v) is 4.20. The number of nitrogens with one attached hydrogen (secondary N) is 1. The molecule has 160 valence electrons. The van der Waals surface area contributed by atoms with Gasteiger partial charge < -0.3 is 15.8 Å². The molecule has 1 aromatic carbocycles. The van der Waals surface area contributed by atoms with Crippen LogP contribution in [0, 0.1) is 0 Å². The zero-order valence-corrected chi connectivity index (χ0v) is 18.5. The molecule has 0 radical (unpaired) electrons. The first kappa shape index (κ1) is 22.4. The molecule has 0 bridgehead atoms. The van der Waals surface area contributed by atoms with Crippen LogP contribution in [-0.4, -0.2) is 43.5 Å². The number of benzene rings is 1. The van der Waals surface area contributed by atoms with Crippen LogP contribution in [-0.2, 0) is 17.8 Å². The molecule has 0 aliphatic heterocycles. The fourth-order valence-electron chi connectivity index (χ4n) is 4.20. The van der Waals surface area contributed by atoms with Crippen molar-refractivity contribution in [3.63, 3.8) is 0 Å². The molecule has 1 aliphatic rings. The quantitative estimate of drug-likeness (QED) is 0.461. The summed E-state index contributed by atoms with van der Waals surface area (Å²) < 4.78 is 0. The number of aliphatic carboxylic acids is 1. The highest BCUT2D eigenvalue weighted by atomic mass is 79.9.